The molecule has 0 aliphatic carbocycles. The molecule has 0 saturated heterocycles. The van der Waals surface area contributed by atoms with E-state index in [9.17, 15) is 4.79 Å². The third kappa shape index (κ3) is 2.71. The lowest BCUT2D eigenvalue weighted by atomic mass is 9.81. The van der Waals surface area contributed by atoms with Gasteiger partial charge in [-0.05, 0) is 29.7 Å². The van der Waals surface area contributed by atoms with Crippen molar-refractivity contribution in [2.45, 2.75) is 25.5 Å². The Morgan fingerprint density at radius 3 is 2.52 bits per heavy atom. The highest BCUT2D eigenvalue weighted by Gasteiger charge is 2.44. The molecule has 0 radical (unpaired) electrons. The molecule has 5 rings (SSSR count). The van der Waals surface area contributed by atoms with Gasteiger partial charge in [-0.1, -0.05) is 67.6 Å². The van der Waals surface area contributed by atoms with Gasteiger partial charge in [0.2, 0.25) is 0 Å². The molecule has 3 aromatic carbocycles. The van der Waals surface area contributed by atoms with Crippen molar-refractivity contribution in [3.63, 3.8) is 0 Å². The number of rotatable bonds is 5. The molecule has 4 nitrogen and oxygen atoms in total. The summed E-state index contributed by atoms with van der Waals surface area (Å²) in [4.78, 5) is 16.0. The third-order valence-electron chi connectivity index (χ3n) is 5.86. The Bertz CT molecular complexity index is 1200. The van der Waals surface area contributed by atoms with Crippen molar-refractivity contribution < 1.29 is 9.53 Å². The Balaban J connectivity index is 1.58. The van der Waals surface area contributed by atoms with Crippen molar-refractivity contribution in [1.82, 2.24) is 10.3 Å². The molecule has 2 N–H and O–H groups in total. The van der Waals surface area contributed by atoms with Gasteiger partial charge in [-0.15, -0.1) is 0 Å². The first-order valence-corrected chi connectivity index (χ1v) is 9.92. The van der Waals surface area contributed by atoms with E-state index in [1.165, 1.54) is 0 Å². The summed E-state index contributed by atoms with van der Waals surface area (Å²) >= 11 is 0. The molecule has 29 heavy (non-hydrogen) atoms. The van der Waals surface area contributed by atoms with Crippen molar-refractivity contribution >= 4 is 16.8 Å². The minimum atomic E-state index is -0.538. The van der Waals surface area contributed by atoms with Gasteiger partial charge in [0.1, 0.15) is 12.4 Å². The van der Waals surface area contributed by atoms with Crippen molar-refractivity contribution in [3.05, 3.63) is 101 Å². The average Bonchev–Trinajstić information content (AvgIpc) is 3.33. The molecule has 0 bridgehead atoms. The number of hydrogen-bond acceptors (Lipinski definition) is 2. The highest BCUT2D eigenvalue weighted by Crippen LogP contribution is 2.43. The molecule has 1 atom stereocenters. The van der Waals surface area contributed by atoms with E-state index >= 15 is 0 Å². The largest absolute Gasteiger partial charge is 0.487 e. The standard InChI is InChI=1S/C25H22N2O2/c1-2-25(20-13-7-6-11-19(20)24(28)27-25)21-15-26-23-18(21)12-8-14-22(23)29-16-17-9-4-3-5-10-17/h3-15,26H,2,16H2,1H3,(H,27,28)/t25-/m1/s1. The zero-order chi connectivity index (χ0) is 19.8. The van der Waals surface area contributed by atoms with Gasteiger partial charge in [0.15, 0.2) is 0 Å². The van der Waals surface area contributed by atoms with Crippen LogP contribution in [0.4, 0.5) is 0 Å². The zero-order valence-corrected chi connectivity index (χ0v) is 16.2. The fourth-order valence-electron chi connectivity index (χ4n) is 4.40. The van der Waals surface area contributed by atoms with Crippen LogP contribution >= 0.6 is 0 Å². The lowest BCUT2D eigenvalue weighted by Gasteiger charge is -2.29. The Morgan fingerprint density at radius 1 is 0.897 bits per heavy atom. The van der Waals surface area contributed by atoms with Crippen LogP contribution in [0.15, 0.2) is 79.0 Å². The maximum absolute atomic E-state index is 12.7. The number of carbonyl (C=O) groups is 1. The Hall–Kier alpha value is -3.53. The van der Waals surface area contributed by atoms with Crippen LogP contribution in [0.1, 0.15) is 40.4 Å². The topological polar surface area (TPSA) is 54.1 Å². The molecule has 1 aromatic heterocycles. The van der Waals surface area contributed by atoms with Gasteiger partial charge in [-0.25, -0.2) is 0 Å². The number of ether oxygens (including phenoxy) is 1. The summed E-state index contributed by atoms with van der Waals surface area (Å²) in [5.41, 5.74) is 4.38. The number of benzene rings is 3. The quantitative estimate of drug-likeness (QED) is 0.502. The number of H-pyrrole nitrogens is 1. The van der Waals surface area contributed by atoms with E-state index in [0.29, 0.717) is 6.61 Å². The molecule has 1 amide bonds. The van der Waals surface area contributed by atoms with Gasteiger partial charge in [0.25, 0.3) is 5.91 Å². The zero-order valence-electron chi connectivity index (χ0n) is 16.2. The van der Waals surface area contributed by atoms with Crippen LogP contribution < -0.4 is 10.1 Å². The first-order valence-electron chi connectivity index (χ1n) is 9.92. The lowest BCUT2D eigenvalue weighted by Crippen LogP contribution is -2.39. The fourth-order valence-corrected chi connectivity index (χ4v) is 4.40. The normalized spacial score (nSPS) is 17.9. The summed E-state index contributed by atoms with van der Waals surface area (Å²) in [6.07, 6.45) is 2.77. The summed E-state index contributed by atoms with van der Waals surface area (Å²) < 4.78 is 6.12. The summed E-state index contributed by atoms with van der Waals surface area (Å²) in [7, 11) is 0. The van der Waals surface area contributed by atoms with Crippen LogP contribution in [-0.2, 0) is 12.1 Å². The molecule has 0 spiro atoms. The molecule has 0 saturated carbocycles. The van der Waals surface area contributed by atoms with Crippen molar-refractivity contribution in [3.8, 4) is 5.75 Å². The number of hydrogen-bond donors (Lipinski definition) is 2. The minimum Gasteiger partial charge on any atom is -0.487 e. The Labute approximate surface area is 169 Å². The van der Waals surface area contributed by atoms with E-state index in [2.05, 4.69) is 35.4 Å². The van der Waals surface area contributed by atoms with Crippen molar-refractivity contribution in [1.29, 1.82) is 0 Å². The van der Waals surface area contributed by atoms with Gasteiger partial charge in [0.05, 0.1) is 11.1 Å². The smallest absolute Gasteiger partial charge is 0.252 e. The van der Waals surface area contributed by atoms with Crippen molar-refractivity contribution in [2.75, 3.05) is 0 Å². The van der Waals surface area contributed by atoms with E-state index < -0.39 is 5.54 Å². The molecule has 144 valence electrons. The lowest BCUT2D eigenvalue weighted by molar-refractivity contribution is 0.0939. The molecule has 0 unspecified atom stereocenters. The molecule has 1 aliphatic heterocycles. The van der Waals surface area contributed by atoms with E-state index in [-0.39, 0.29) is 5.91 Å². The van der Waals surface area contributed by atoms with E-state index in [4.69, 9.17) is 4.74 Å². The Morgan fingerprint density at radius 2 is 1.69 bits per heavy atom. The second-order valence-electron chi connectivity index (χ2n) is 7.41. The monoisotopic (exact) mass is 382 g/mol. The maximum Gasteiger partial charge on any atom is 0.252 e. The molecule has 4 aromatic rings. The predicted octanol–water partition coefficient (Wildman–Crippen LogP) is 5.14. The van der Waals surface area contributed by atoms with Crippen LogP contribution in [0.5, 0.6) is 5.75 Å². The number of aromatic nitrogens is 1. The van der Waals surface area contributed by atoms with Crippen LogP contribution in [0.3, 0.4) is 0 Å². The van der Waals surface area contributed by atoms with Gasteiger partial charge >= 0.3 is 0 Å². The number of carbonyl (C=O) groups excluding carboxylic acids is 1. The number of amides is 1. The third-order valence-corrected chi connectivity index (χ3v) is 5.86. The second kappa shape index (κ2) is 6.82. The van der Waals surface area contributed by atoms with Gasteiger partial charge in [-0.3, -0.25) is 4.79 Å². The molecule has 4 heteroatoms. The summed E-state index contributed by atoms with van der Waals surface area (Å²) in [6, 6.07) is 24.0. The highest BCUT2D eigenvalue weighted by molar-refractivity contribution is 6.02. The SMILES string of the molecule is CC[C@@]1(c2c[nH]c3c(OCc4ccccc4)cccc23)NC(=O)c2ccccc21. The van der Waals surface area contributed by atoms with E-state index in [1.807, 2.05) is 60.8 Å². The second-order valence-corrected chi connectivity index (χ2v) is 7.41. The van der Waals surface area contributed by atoms with E-state index in [0.717, 1.165) is 45.3 Å². The molecule has 2 heterocycles. The van der Waals surface area contributed by atoms with Crippen LogP contribution in [-0.4, -0.2) is 10.9 Å². The van der Waals surface area contributed by atoms with Crippen LogP contribution in [0.2, 0.25) is 0 Å². The number of fused-ring (bicyclic) bond motifs is 2. The number of para-hydroxylation sites is 1. The first kappa shape index (κ1) is 17.6. The highest BCUT2D eigenvalue weighted by atomic mass is 16.5. The van der Waals surface area contributed by atoms with Gasteiger partial charge in [0, 0.05) is 22.7 Å². The summed E-state index contributed by atoms with van der Waals surface area (Å²) in [5.74, 6) is 0.787. The first-order chi connectivity index (χ1) is 14.2. The fraction of sp³-hybridized carbons (Fsp3) is 0.160. The molecule has 0 fully saturated rings. The van der Waals surface area contributed by atoms with Gasteiger partial charge in [-0.2, -0.15) is 0 Å². The number of nitrogens with one attached hydrogen (secondary N) is 2. The molecule has 1 aliphatic rings. The summed E-state index contributed by atoms with van der Waals surface area (Å²) in [5, 5.41) is 4.32. The average molecular weight is 382 g/mol. The van der Waals surface area contributed by atoms with E-state index in [1.54, 1.807) is 0 Å². The Kier molecular flexibility index (Phi) is 4.13. The van der Waals surface area contributed by atoms with Gasteiger partial charge < -0.3 is 15.0 Å². The molecular weight excluding hydrogens is 360 g/mol. The predicted molar refractivity (Wildman–Crippen MR) is 114 cm³/mol. The van der Waals surface area contributed by atoms with Crippen LogP contribution in [0, 0.1) is 0 Å². The molecular formula is C25H22N2O2. The van der Waals surface area contributed by atoms with Crippen LogP contribution in [0.25, 0.3) is 10.9 Å². The summed E-state index contributed by atoms with van der Waals surface area (Å²) in [6.45, 7) is 2.61. The minimum absolute atomic E-state index is 0.0201. The number of aromatic amines is 1. The maximum atomic E-state index is 12.7. The van der Waals surface area contributed by atoms with Crippen molar-refractivity contribution in [2.24, 2.45) is 0 Å².